The third-order valence-corrected chi connectivity index (χ3v) is 2.24. The molecule has 1 aromatic carbocycles. The number of carbonyl (C=O) groups is 2. The van der Waals surface area contributed by atoms with E-state index in [4.69, 9.17) is 21.1 Å². The van der Waals surface area contributed by atoms with Crippen molar-refractivity contribution < 1.29 is 23.5 Å². The number of halogens is 1. The maximum absolute atomic E-state index is 13.5. The molecule has 0 aliphatic carbocycles. The molecule has 0 heterocycles. The monoisotopic (exact) mass is 271 g/mol. The standard InChI is InChI=1S/C11H14FN3O4/c1-18-5-8(11(17)15-14)19-7-4-2-3-6(12)9(7)10(13)16/h2-4,8H,5,14H2,1H3,(H2,13,16)(H,15,17). The Morgan fingerprint density at radius 3 is 2.68 bits per heavy atom. The Bertz CT molecular complexity index is 481. The fourth-order valence-electron chi connectivity index (χ4n) is 1.40. The van der Waals surface area contributed by atoms with Gasteiger partial charge < -0.3 is 15.2 Å². The number of ether oxygens (including phenoxy) is 2. The number of hydrogen-bond donors (Lipinski definition) is 3. The minimum atomic E-state index is -1.13. The molecular formula is C11H14FN3O4. The lowest BCUT2D eigenvalue weighted by molar-refractivity contribution is -0.130. The highest BCUT2D eigenvalue weighted by atomic mass is 19.1. The van der Waals surface area contributed by atoms with E-state index in [0.717, 1.165) is 6.07 Å². The first kappa shape index (κ1) is 14.9. The normalized spacial score (nSPS) is 11.7. The molecule has 0 aliphatic rings. The Kier molecular flexibility index (Phi) is 5.22. The molecule has 19 heavy (non-hydrogen) atoms. The highest BCUT2D eigenvalue weighted by molar-refractivity contribution is 5.96. The van der Waals surface area contributed by atoms with Gasteiger partial charge in [-0.15, -0.1) is 0 Å². The summed E-state index contributed by atoms with van der Waals surface area (Å²) in [7, 11) is 1.35. The number of rotatable bonds is 6. The van der Waals surface area contributed by atoms with Crippen molar-refractivity contribution in [3.63, 3.8) is 0 Å². The summed E-state index contributed by atoms with van der Waals surface area (Å²) < 4.78 is 23.5. The number of carbonyl (C=O) groups excluding carboxylic acids is 2. The maximum atomic E-state index is 13.5. The van der Waals surface area contributed by atoms with Crippen LogP contribution in [0.1, 0.15) is 10.4 Å². The number of nitrogens with one attached hydrogen (secondary N) is 1. The van der Waals surface area contributed by atoms with Crippen molar-refractivity contribution >= 4 is 11.8 Å². The Balaban J connectivity index is 3.05. The average molecular weight is 271 g/mol. The SMILES string of the molecule is COCC(Oc1cccc(F)c1C(N)=O)C(=O)NN. The minimum Gasteiger partial charge on any atom is -0.477 e. The van der Waals surface area contributed by atoms with E-state index in [1.54, 1.807) is 0 Å². The van der Waals surface area contributed by atoms with Crippen LogP contribution in [0, 0.1) is 5.82 Å². The third kappa shape index (κ3) is 3.63. The molecule has 0 aliphatic heterocycles. The highest BCUT2D eigenvalue weighted by Gasteiger charge is 2.23. The van der Waals surface area contributed by atoms with E-state index in [1.807, 2.05) is 5.43 Å². The van der Waals surface area contributed by atoms with Crippen LogP contribution >= 0.6 is 0 Å². The van der Waals surface area contributed by atoms with Crippen LogP contribution in [0.4, 0.5) is 4.39 Å². The van der Waals surface area contributed by atoms with E-state index in [0.29, 0.717) is 0 Å². The Morgan fingerprint density at radius 1 is 1.47 bits per heavy atom. The number of nitrogens with two attached hydrogens (primary N) is 2. The van der Waals surface area contributed by atoms with Gasteiger partial charge in [-0.1, -0.05) is 6.07 Å². The number of hydrazine groups is 1. The number of primary amides is 1. The number of hydrogen-bond acceptors (Lipinski definition) is 5. The van der Waals surface area contributed by atoms with Crippen LogP contribution in [-0.4, -0.2) is 31.6 Å². The van der Waals surface area contributed by atoms with Crippen LogP contribution in [0.3, 0.4) is 0 Å². The molecule has 0 saturated carbocycles. The Labute approximate surface area is 108 Å². The average Bonchev–Trinajstić information content (AvgIpc) is 2.37. The molecule has 1 atom stereocenters. The van der Waals surface area contributed by atoms with Crippen molar-refractivity contribution in [2.75, 3.05) is 13.7 Å². The van der Waals surface area contributed by atoms with Gasteiger partial charge in [-0.05, 0) is 12.1 Å². The third-order valence-electron chi connectivity index (χ3n) is 2.24. The summed E-state index contributed by atoms with van der Waals surface area (Å²) in [6, 6.07) is 3.69. The molecule has 0 radical (unpaired) electrons. The van der Waals surface area contributed by atoms with E-state index >= 15 is 0 Å². The predicted molar refractivity (Wildman–Crippen MR) is 63.5 cm³/mol. The molecule has 8 heteroatoms. The van der Waals surface area contributed by atoms with Gasteiger partial charge in [0.05, 0.1) is 6.61 Å². The van der Waals surface area contributed by atoms with Crippen LogP contribution in [0.25, 0.3) is 0 Å². The van der Waals surface area contributed by atoms with E-state index in [1.165, 1.54) is 19.2 Å². The zero-order valence-electron chi connectivity index (χ0n) is 10.2. The van der Waals surface area contributed by atoms with Gasteiger partial charge in [0.2, 0.25) is 6.10 Å². The molecule has 0 aromatic heterocycles. The van der Waals surface area contributed by atoms with E-state index < -0.39 is 29.3 Å². The first-order valence-electron chi connectivity index (χ1n) is 5.25. The highest BCUT2D eigenvalue weighted by Crippen LogP contribution is 2.22. The number of amides is 2. The zero-order valence-corrected chi connectivity index (χ0v) is 10.2. The molecular weight excluding hydrogens is 257 g/mol. The summed E-state index contributed by atoms with van der Waals surface area (Å²) in [5.74, 6) is 2.31. The molecule has 7 nitrogen and oxygen atoms in total. The second-order valence-electron chi connectivity index (χ2n) is 3.55. The van der Waals surface area contributed by atoms with Gasteiger partial charge in [-0.2, -0.15) is 0 Å². The molecule has 1 unspecified atom stereocenters. The molecule has 104 valence electrons. The second-order valence-corrected chi connectivity index (χ2v) is 3.55. The predicted octanol–water partition coefficient (Wildman–Crippen LogP) is -0.692. The lowest BCUT2D eigenvalue weighted by Crippen LogP contribution is -2.44. The summed E-state index contributed by atoms with van der Waals surface area (Å²) in [5.41, 5.74) is 6.50. The largest absolute Gasteiger partial charge is 0.477 e. The van der Waals surface area contributed by atoms with Gasteiger partial charge in [0.1, 0.15) is 17.1 Å². The first-order valence-corrected chi connectivity index (χ1v) is 5.25. The zero-order chi connectivity index (χ0) is 14.4. The van der Waals surface area contributed by atoms with E-state index in [2.05, 4.69) is 0 Å². The van der Waals surface area contributed by atoms with E-state index in [-0.39, 0.29) is 12.4 Å². The van der Waals surface area contributed by atoms with Crippen molar-refractivity contribution in [2.45, 2.75) is 6.10 Å². The van der Waals surface area contributed by atoms with Crippen LogP contribution in [0.5, 0.6) is 5.75 Å². The van der Waals surface area contributed by atoms with Crippen LogP contribution in [0.2, 0.25) is 0 Å². The van der Waals surface area contributed by atoms with Crippen LogP contribution < -0.4 is 21.7 Å². The van der Waals surface area contributed by atoms with Gasteiger partial charge >= 0.3 is 0 Å². The van der Waals surface area contributed by atoms with Gasteiger partial charge in [-0.3, -0.25) is 15.0 Å². The number of benzene rings is 1. The minimum absolute atomic E-state index is 0.127. The lowest BCUT2D eigenvalue weighted by Gasteiger charge is -2.18. The molecule has 2 amide bonds. The quantitative estimate of drug-likeness (QED) is 0.359. The molecule has 0 bridgehead atoms. The van der Waals surface area contributed by atoms with Crippen molar-refractivity contribution in [1.82, 2.24) is 5.43 Å². The molecule has 1 aromatic rings. The van der Waals surface area contributed by atoms with Crippen molar-refractivity contribution in [2.24, 2.45) is 11.6 Å². The molecule has 5 N–H and O–H groups in total. The van der Waals surface area contributed by atoms with Crippen LogP contribution in [-0.2, 0) is 9.53 Å². The Morgan fingerprint density at radius 2 is 2.16 bits per heavy atom. The van der Waals surface area contributed by atoms with Crippen molar-refractivity contribution in [1.29, 1.82) is 0 Å². The second kappa shape index (κ2) is 6.66. The van der Waals surface area contributed by atoms with Gasteiger partial charge in [-0.25, -0.2) is 10.2 Å². The van der Waals surface area contributed by atoms with Crippen molar-refractivity contribution in [3.05, 3.63) is 29.6 Å². The topological polar surface area (TPSA) is 117 Å². The molecule has 0 saturated heterocycles. The summed E-state index contributed by atoms with van der Waals surface area (Å²) in [6.45, 7) is -0.127. The summed E-state index contributed by atoms with van der Waals surface area (Å²) >= 11 is 0. The number of methoxy groups -OCH3 is 1. The fourth-order valence-corrected chi connectivity index (χ4v) is 1.40. The van der Waals surface area contributed by atoms with E-state index in [9.17, 15) is 14.0 Å². The molecule has 0 spiro atoms. The maximum Gasteiger partial charge on any atom is 0.277 e. The molecule has 0 fully saturated rings. The summed E-state index contributed by atoms with van der Waals surface area (Å²) in [6.07, 6.45) is -1.13. The van der Waals surface area contributed by atoms with Gasteiger partial charge in [0, 0.05) is 7.11 Å². The first-order chi connectivity index (χ1) is 9.01. The summed E-state index contributed by atoms with van der Waals surface area (Å²) in [5, 5.41) is 0. The van der Waals surface area contributed by atoms with Crippen molar-refractivity contribution in [3.8, 4) is 5.75 Å². The lowest BCUT2D eigenvalue weighted by atomic mass is 10.1. The molecule has 1 rings (SSSR count). The Hall–Kier alpha value is -2.19. The fraction of sp³-hybridized carbons (Fsp3) is 0.273. The van der Waals surface area contributed by atoms with Gasteiger partial charge in [0.15, 0.2) is 0 Å². The van der Waals surface area contributed by atoms with Crippen LogP contribution in [0.15, 0.2) is 18.2 Å². The smallest absolute Gasteiger partial charge is 0.277 e. The van der Waals surface area contributed by atoms with Gasteiger partial charge in [0.25, 0.3) is 11.8 Å². The summed E-state index contributed by atoms with van der Waals surface area (Å²) in [4.78, 5) is 22.6.